The Kier molecular flexibility index (Phi) is 7.37. The van der Waals surface area contributed by atoms with Crippen LogP contribution in [-0.4, -0.2) is 35.2 Å². The largest absolute Gasteiger partial charge is 0.478 e. The van der Waals surface area contributed by atoms with Crippen LogP contribution in [0.4, 0.5) is 0 Å². The van der Waals surface area contributed by atoms with Crippen molar-refractivity contribution in [2.45, 2.75) is 84.0 Å². The number of aryl methyl sites for hydroxylation is 1. The molecule has 0 aliphatic carbocycles. The van der Waals surface area contributed by atoms with Crippen LogP contribution in [0.3, 0.4) is 0 Å². The van der Waals surface area contributed by atoms with Gasteiger partial charge in [-0.3, -0.25) is 0 Å². The topological polar surface area (TPSA) is 44.8 Å². The number of rotatable bonds is 6. The third-order valence-corrected chi connectivity index (χ3v) is 5.15. The average Bonchev–Trinajstić information content (AvgIpc) is 2.53. The van der Waals surface area contributed by atoms with E-state index >= 15 is 0 Å². The predicted octanol–water partition coefficient (Wildman–Crippen LogP) is 5.54. The molecule has 2 atom stereocenters. The number of halogens is 1. The first-order chi connectivity index (χ1) is 12.5. The summed E-state index contributed by atoms with van der Waals surface area (Å²) in [5, 5.41) is 0.665. The molecule has 0 spiro atoms. The standard InChI is InChI=1S/C22H33BrO4/c1-15-7-8-17(16-9-11-22(5,6)25-14-16)19(13-15)26-18(10-12-23)20(24)27-21(2,3)4/h7-8,13,16,18H,9-12,14H2,1-6H3. The molecular weight excluding hydrogens is 408 g/mol. The van der Waals surface area contributed by atoms with Crippen molar-refractivity contribution in [1.29, 1.82) is 0 Å². The van der Waals surface area contributed by atoms with E-state index in [1.54, 1.807) is 0 Å². The lowest BCUT2D eigenvalue weighted by atomic mass is 9.86. The Morgan fingerprint density at radius 3 is 2.63 bits per heavy atom. The molecule has 152 valence electrons. The van der Waals surface area contributed by atoms with Crippen LogP contribution in [0.1, 0.15) is 70.9 Å². The maximum Gasteiger partial charge on any atom is 0.347 e. The Hall–Kier alpha value is -1.07. The fourth-order valence-corrected chi connectivity index (χ4v) is 3.59. The Labute approximate surface area is 172 Å². The van der Waals surface area contributed by atoms with Gasteiger partial charge in [-0.05, 0) is 71.6 Å². The number of benzene rings is 1. The molecule has 4 nitrogen and oxygen atoms in total. The first kappa shape index (κ1) is 22.2. The van der Waals surface area contributed by atoms with E-state index < -0.39 is 11.7 Å². The van der Waals surface area contributed by atoms with E-state index in [-0.39, 0.29) is 17.5 Å². The highest BCUT2D eigenvalue weighted by atomic mass is 79.9. The molecule has 1 aromatic carbocycles. The van der Waals surface area contributed by atoms with Crippen molar-refractivity contribution in [3.05, 3.63) is 29.3 Å². The fraction of sp³-hybridized carbons (Fsp3) is 0.682. The summed E-state index contributed by atoms with van der Waals surface area (Å²) < 4.78 is 17.8. The predicted molar refractivity (Wildman–Crippen MR) is 112 cm³/mol. The average molecular weight is 441 g/mol. The summed E-state index contributed by atoms with van der Waals surface area (Å²) in [5.74, 6) is 0.715. The summed E-state index contributed by atoms with van der Waals surface area (Å²) in [7, 11) is 0. The normalized spacial score (nSPS) is 20.8. The first-order valence-corrected chi connectivity index (χ1v) is 10.8. The Bertz CT molecular complexity index is 638. The lowest BCUT2D eigenvalue weighted by molar-refractivity contribution is -0.163. The number of carbonyl (C=O) groups is 1. The van der Waals surface area contributed by atoms with E-state index in [2.05, 4.69) is 41.9 Å². The highest BCUT2D eigenvalue weighted by Crippen LogP contribution is 2.38. The van der Waals surface area contributed by atoms with E-state index in [0.29, 0.717) is 18.4 Å². The zero-order valence-corrected chi connectivity index (χ0v) is 19.0. The molecule has 0 bridgehead atoms. The fourth-order valence-electron chi connectivity index (χ4n) is 3.17. The van der Waals surface area contributed by atoms with Gasteiger partial charge in [-0.1, -0.05) is 28.1 Å². The van der Waals surface area contributed by atoms with Crippen LogP contribution in [0.2, 0.25) is 0 Å². The lowest BCUT2D eigenvalue weighted by Crippen LogP contribution is -2.36. The minimum atomic E-state index is -0.634. The summed E-state index contributed by atoms with van der Waals surface area (Å²) in [6, 6.07) is 6.22. The maximum absolute atomic E-state index is 12.6. The second-order valence-corrected chi connectivity index (χ2v) is 9.76. The molecule has 5 heteroatoms. The van der Waals surface area contributed by atoms with E-state index in [1.165, 1.54) is 0 Å². The van der Waals surface area contributed by atoms with Crippen molar-refractivity contribution >= 4 is 21.9 Å². The highest BCUT2D eigenvalue weighted by molar-refractivity contribution is 9.09. The zero-order valence-electron chi connectivity index (χ0n) is 17.4. The molecule has 0 N–H and O–H groups in total. The zero-order chi connectivity index (χ0) is 20.2. The van der Waals surface area contributed by atoms with Crippen molar-refractivity contribution in [2.75, 3.05) is 11.9 Å². The van der Waals surface area contributed by atoms with Crippen LogP contribution < -0.4 is 4.74 Å². The second-order valence-electron chi connectivity index (χ2n) is 8.97. The van der Waals surface area contributed by atoms with Crippen molar-refractivity contribution in [3.8, 4) is 5.75 Å². The van der Waals surface area contributed by atoms with E-state index in [4.69, 9.17) is 14.2 Å². The molecule has 1 heterocycles. The minimum Gasteiger partial charge on any atom is -0.478 e. The van der Waals surface area contributed by atoms with Gasteiger partial charge >= 0.3 is 5.97 Å². The second kappa shape index (κ2) is 8.95. The molecule has 27 heavy (non-hydrogen) atoms. The molecule has 1 saturated heterocycles. The summed E-state index contributed by atoms with van der Waals surface area (Å²) in [4.78, 5) is 12.6. The van der Waals surface area contributed by atoms with Crippen molar-refractivity contribution < 1.29 is 19.0 Å². The number of esters is 1. The Balaban J connectivity index is 2.22. The van der Waals surface area contributed by atoms with Crippen molar-refractivity contribution in [1.82, 2.24) is 0 Å². The van der Waals surface area contributed by atoms with E-state index in [1.807, 2.05) is 33.8 Å². The van der Waals surface area contributed by atoms with Gasteiger partial charge in [-0.25, -0.2) is 4.79 Å². The Morgan fingerprint density at radius 1 is 1.37 bits per heavy atom. The molecular formula is C22H33BrO4. The minimum absolute atomic E-state index is 0.0722. The summed E-state index contributed by atoms with van der Waals surface area (Å²) >= 11 is 3.43. The van der Waals surface area contributed by atoms with E-state index in [9.17, 15) is 4.79 Å². The van der Waals surface area contributed by atoms with Gasteiger partial charge in [-0.15, -0.1) is 0 Å². The number of ether oxygens (including phenoxy) is 3. The molecule has 2 unspecified atom stereocenters. The molecule has 1 aliphatic heterocycles. The maximum atomic E-state index is 12.6. The molecule has 0 saturated carbocycles. The van der Waals surface area contributed by atoms with Crippen LogP contribution in [0, 0.1) is 6.92 Å². The molecule has 1 fully saturated rings. The SMILES string of the molecule is Cc1ccc(C2CCC(C)(C)OC2)c(OC(CCBr)C(=O)OC(C)(C)C)c1. The molecule has 0 amide bonds. The quantitative estimate of drug-likeness (QED) is 0.430. The molecule has 1 aromatic rings. The van der Waals surface area contributed by atoms with Gasteiger partial charge in [0.15, 0.2) is 6.10 Å². The van der Waals surface area contributed by atoms with Gasteiger partial charge in [0, 0.05) is 17.7 Å². The van der Waals surface area contributed by atoms with Gasteiger partial charge in [0.05, 0.1) is 12.2 Å². The van der Waals surface area contributed by atoms with Crippen LogP contribution in [0.25, 0.3) is 0 Å². The van der Waals surface area contributed by atoms with Gasteiger partial charge in [-0.2, -0.15) is 0 Å². The first-order valence-electron chi connectivity index (χ1n) is 9.71. The third kappa shape index (κ3) is 6.79. The highest BCUT2D eigenvalue weighted by Gasteiger charge is 2.32. The molecule has 0 radical (unpaired) electrons. The van der Waals surface area contributed by atoms with Crippen LogP contribution in [0.15, 0.2) is 18.2 Å². The van der Waals surface area contributed by atoms with Gasteiger partial charge in [0.2, 0.25) is 0 Å². The Morgan fingerprint density at radius 2 is 2.07 bits per heavy atom. The number of alkyl halides is 1. The van der Waals surface area contributed by atoms with Crippen LogP contribution in [-0.2, 0) is 14.3 Å². The van der Waals surface area contributed by atoms with E-state index in [0.717, 1.165) is 29.7 Å². The van der Waals surface area contributed by atoms with Gasteiger partial charge in [0.25, 0.3) is 0 Å². The number of carbonyl (C=O) groups excluding carboxylic acids is 1. The van der Waals surface area contributed by atoms with Gasteiger partial charge in [0.1, 0.15) is 11.4 Å². The molecule has 1 aliphatic rings. The number of hydrogen-bond acceptors (Lipinski definition) is 4. The smallest absolute Gasteiger partial charge is 0.347 e. The number of hydrogen-bond donors (Lipinski definition) is 0. The van der Waals surface area contributed by atoms with Crippen LogP contribution >= 0.6 is 15.9 Å². The third-order valence-electron chi connectivity index (χ3n) is 4.69. The van der Waals surface area contributed by atoms with Gasteiger partial charge < -0.3 is 14.2 Å². The molecule has 0 aromatic heterocycles. The van der Waals surface area contributed by atoms with Crippen molar-refractivity contribution in [3.63, 3.8) is 0 Å². The summed E-state index contributed by atoms with van der Waals surface area (Å²) in [5.41, 5.74) is 1.60. The summed E-state index contributed by atoms with van der Waals surface area (Å²) in [6.45, 7) is 12.6. The lowest BCUT2D eigenvalue weighted by Gasteiger charge is -2.35. The van der Waals surface area contributed by atoms with Crippen molar-refractivity contribution in [2.24, 2.45) is 0 Å². The monoisotopic (exact) mass is 440 g/mol. The molecule has 2 rings (SSSR count). The summed E-state index contributed by atoms with van der Waals surface area (Å²) in [6.07, 6.45) is 1.96. The van der Waals surface area contributed by atoms with Crippen LogP contribution in [0.5, 0.6) is 5.75 Å².